The summed E-state index contributed by atoms with van der Waals surface area (Å²) in [5, 5.41) is 10.1. The molecule has 4 aliphatic rings. The number of ether oxygens (including phenoxy) is 13. The molecule has 0 saturated carbocycles. The quantitative estimate of drug-likeness (QED) is 0.187. The van der Waals surface area contributed by atoms with E-state index in [1.165, 1.54) is 0 Å². The van der Waals surface area contributed by atoms with Crippen LogP contribution in [-0.2, 0) is 61.6 Å². The van der Waals surface area contributed by atoms with Crippen molar-refractivity contribution in [2.24, 2.45) is 0 Å². The van der Waals surface area contributed by atoms with E-state index in [0.717, 1.165) is 0 Å². The lowest BCUT2D eigenvalue weighted by Crippen LogP contribution is -2.43. The second-order valence-electron chi connectivity index (χ2n) is 28.1. The van der Waals surface area contributed by atoms with Gasteiger partial charge in [-0.1, -0.05) is 0 Å². The highest BCUT2D eigenvalue weighted by Crippen LogP contribution is 2.34. The van der Waals surface area contributed by atoms with Crippen LogP contribution in [0.3, 0.4) is 0 Å². The number of hydrogen-bond acceptors (Lipinski definition) is 14. The summed E-state index contributed by atoms with van der Waals surface area (Å²) in [4.78, 5) is 0. The summed E-state index contributed by atoms with van der Waals surface area (Å²) in [5.41, 5.74) is -2.21. The molecular weight excluding hydrogens is 947 g/mol. The standard InChI is InChI=1S/C15H30O4.2C14H27FO3.C14H28O4/c1-10-12(16-8)13(19-15(5,6)7)11(18-10)9-17-14(2,3)4;3*1-9-11(15)12(18-14(5,6)7)10(17-9)8-16-13(2,3)4/h10-13H,9H2,1-8H3;2*9-12H,8H2,1-7H3;9-12,15H,8H2,1-7H3/t10-,11+,12+,13?;9-,10+,11+,12?;9-,10+,11-,12?;9-,10+,11+,12?/m0000/s1. The average molecular weight is 1060 g/mol. The third kappa shape index (κ3) is 28.7. The van der Waals surface area contributed by atoms with Crippen LogP contribution >= 0.6 is 0 Å². The van der Waals surface area contributed by atoms with Crippen molar-refractivity contribution in [2.45, 2.75) is 336 Å². The normalized spacial score (nSPS) is 33.7. The van der Waals surface area contributed by atoms with Crippen molar-refractivity contribution in [3.05, 3.63) is 0 Å². The zero-order chi connectivity index (χ0) is 57.3. The molecule has 4 rings (SSSR count). The van der Waals surface area contributed by atoms with E-state index in [2.05, 4.69) is 0 Å². The van der Waals surface area contributed by atoms with Crippen molar-refractivity contribution in [1.29, 1.82) is 0 Å². The van der Waals surface area contributed by atoms with Crippen LogP contribution in [0.4, 0.5) is 8.78 Å². The van der Waals surface area contributed by atoms with Crippen LogP contribution in [0.15, 0.2) is 0 Å². The molecule has 438 valence electrons. The molecule has 4 fully saturated rings. The molecule has 0 aromatic heterocycles. The second-order valence-corrected chi connectivity index (χ2v) is 28.1. The smallest absolute Gasteiger partial charge is 0.155 e. The van der Waals surface area contributed by atoms with Gasteiger partial charge in [0.1, 0.15) is 61.0 Å². The Bertz CT molecular complexity index is 1400. The molecule has 0 aliphatic carbocycles. The van der Waals surface area contributed by atoms with E-state index in [-0.39, 0.29) is 99.7 Å². The number of aliphatic hydroxyl groups is 1. The van der Waals surface area contributed by atoms with Gasteiger partial charge in [0.2, 0.25) is 0 Å². The van der Waals surface area contributed by atoms with E-state index in [0.29, 0.717) is 26.4 Å². The molecule has 73 heavy (non-hydrogen) atoms. The Labute approximate surface area is 444 Å². The van der Waals surface area contributed by atoms with Gasteiger partial charge in [0.25, 0.3) is 0 Å². The van der Waals surface area contributed by atoms with Crippen LogP contribution in [-0.4, -0.2) is 181 Å². The van der Waals surface area contributed by atoms with Gasteiger partial charge in [0, 0.05) is 7.11 Å². The maximum Gasteiger partial charge on any atom is 0.155 e. The van der Waals surface area contributed by atoms with Crippen LogP contribution in [0.2, 0.25) is 0 Å². The zero-order valence-corrected chi connectivity index (χ0v) is 51.6. The van der Waals surface area contributed by atoms with E-state index in [9.17, 15) is 13.9 Å². The van der Waals surface area contributed by atoms with E-state index in [1.807, 2.05) is 180 Å². The minimum atomic E-state index is -1.10. The molecule has 4 unspecified atom stereocenters. The second kappa shape index (κ2) is 27.9. The van der Waals surface area contributed by atoms with Crippen molar-refractivity contribution < 1.29 is 75.5 Å². The third-order valence-electron chi connectivity index (χ3n) is 11.1. The molecule has 16 atom stereocenters. The van der Waals surface area contributed by atoms with Gasteiger partial charge in [0.15, 0.2) is 12.3 Å². The molecule has 4 heterocycles. The summed E-state index contributed by atoms with van der Waals surface area (Å²) in [7, 11) is 1.70. The minimum Gasteiger partial charge on any atom is -0.388 e. The number of hydrogen-bond donors (Lipinski definition) is 1. The fraction of sp³-hybridized carbons (Fsp3) is 1.00. The van der Waals surface area contributed by atoms with Crippen molar-refractivity contribution in [3.8, 4) is 0 Å². The molecular formula is C57H112F2O14. The predicted molar refractivity (Wildman–Crippen MR) is 285 cm³/mol. The van der Waals surface area contributed by atoms with E-state index >= 15 is 0 Å². The van der Waals surface area contributed by atoms with E-state index < -0.39 is 42.9 Å². The SMILES string of the molecule is CO[C@H]1C(OC(C)(C)C)[C@@H](COC(C)(C)C)O[C@H]1C.C[C@@H]1O[C@H](COC(C)(C)C)C(OC(C)(C)C)[C@@H]1F.C[C@@H]1O[C@H](COC(C)(C)C)C(OC(C)(C)C)[C@@H]1O.C[C@@H]1O[C@H](COC(C)(C)C)C(OC(C)(C)C)[C@H]1F. The van der Waals surface area contributed by atoms with Crippen LogP contribution in [0.25, 0.3) is 0 Å². The molecule has 0 aromatic carbocycles. The van der Waals surface area contributed by atoms with Crippen molar-refractivity contribution in [3.63, 3.8) is 0 Å². The lowest BCUT2D eigenvalue weighted by molar-refractivity contribution is -0.140. The highest BCUT2D eigenvalue weighted by molar-refractivity contribution is 4.95. The van der Waals surface area contributed by atoms with E-state index in [1.54, 1.807) is 21.0 Å². The maximum atomic E-state index is 14.1. The monoisotopic (exact) mass is 1060 g/mol. The number of aliphatic hydroxyl groups excluding tert-OH is 1. The molecule has 0 amide bonds. The molecule has 4 aliphatic heterocycles. The highest BCUT2D eigenvalue weighted by Gasteiger charge is 2.49. The Balaban J connectivity index is 0.000000487. The molecule has 0 bridgehead atoms. The molecule has 0 radical (unpaired) electrons. The molecule has 16 heteroatoms. The molecule has 0 aromatic rings. The van der Waals surface area contributed by atoms with Crippen molar-refractivity contribution in [1.82, 2.24) is 0 Å². The summed E-state index contributed by atoms with van der Waals surface area (Å²) in [6.45, 7) is 56.6. The van der Waals surface area contributed by atoms with Crippen LogP contribution in [0.1, 0.15) is 194 Å². The Morgan fingerprint density at radius 1 is 0.329 bits per heavy atom. The lowest BCUT2D eigenvalue weighted by Gasteiger charge is -2.31. The summed E-state index contributed by atoms with van der Waals surface area (Å²) >= 11 is 0. The van der Waals surface area contributed by atoms with Crippen molar-refractivity contribution in [2.75, 3.05) is 33.5 Å². The average Bonchev–Trinajstić information content (AvgIpc) is 3.81. The van der Waals surface area contributed by atoms with Crippen LogP contribution in [0.5, 0.6) is 0 Å². The first-order valence-corrected chi connectivity index (χ1v) is 26.9. The third-order valence-corrected chi connectivity index (χ3v) is 11.1. The number of rotatable bonds is 13. The largest absolute Gasteiger partial charge is 0.388 e. The Kier molecular flexibility index (Phi) is 26.9. The topological polar surface area (TPSA) is 140 Å². The van der Waals surface area contributed by atoms with Crippen molar-refractivity contribution >= 4 is 0 Å². The molecule has 1 N–H and O–H groups in total. The van der Waals surface area contributed by atoms with Gasteiger partial charge in [-0.25, -0.2) is 8.78 Å². The van der Waals surface area contributed by atoms with Crippen LogP contribution < -0.4 is 0 Å². The van der Waals surface area contributed by atoms with Gasteiger partial charge in [-0.15, -0.1) is 0 Å². The summed E-state index contributed by atoms with van der Waals surface area (Å²) < 4.78 is 103. The van der Waals surface area contributed by atoms with Gasteiger partial charge in [-0.05, 0) is 194 Å². The van der Waals surface area contributed by atoms with Crippen LogP contribution in [0, 0.1) is 0 Å². The molecule has 14 nitrogen and oxygen atoms in total. The van der Waals surface area contributed by atoms with Gasteiger partial charge < -0.3 is 66.7 Å². The fourth-order valence-corrected chi connectivity index (χ4v) is 8.02. The number of methoxy groups -OCH3 is 1. The summed E-state index contributed by atoms with van der Waals surface area (Å²) in [6.07, 6.45) is -6.43. The van der Waals surface area contributed by atoms with Gasteiger partial charge >= 0.3 is 0 Å². The number of halogens is 2. The first-order valence-electron chi connectivity index (χ1n) is 26.9. The van der Waals surface area contributed by atoms with Gasteiger partial charge in [0.05, 0.1) is 95.7 Å². The Hall–Kier alpha value is -0.700. The summed E-state index contributed by atoms with van der Waals surface area (Å²) in [5.74, 6) is 0. The maximum absolute atomic E-state index is 14.1. The highest BCUT2D eigenvalue weighted by atomic mass is 19.1. The van der Waals surface area contributed by atoms with E-state index in [4.69, 9.17) is 61.6 Å². The fourth-order valence-electron chi connectivity index (χ4n) is 8.02. The number of alkyl halides is 2. The first kappa shape index (κ1) is 70.3. The molecule has 4 saturated heterocycles. The summed E-state index contributed by atoms with van der Waals surface area (Å²) in [6, 6.07) is 0. The van der Waals surface area contributed by atoms with Gasteiger partial charge in [-0.2, -0.15) is 0 Å². The zero-order valence-electron chi connectivity index (χ0n) is 51.6. The molecule has 0 spiro atoms. The Morgan fingerprint density at radius 3 is 0.836 bits per heavy atom. The first-order chi connectivity index (χ1) is 32.5. The lowest BCUT2D eigenvalue weighted by atomic mass is 10.1. The minimum absolute atomic E-state index is 0.0194. The van der Waals surface area contributed by atoms with Gasteiger partial charge in [-0.3, -0.25) is 0 Å². The Morgan fingerprint density at radius 2 is 0.562 bits per heavy atom. The predicted octanol–water partition coefficient (Wildman–Crippen LogP) is 11.1.